The number of nitrogens with one attached hydrogen (secondary N) is 1. The quantitative estimate of drug-likeness (QED) is 0.442. The van der Waals surface area contributed by atoms with Gasteiger partial charge in [0.1, 0.15) is 5.02 Å². The van der Waals surface area contributed by atoms with E-state index in [-0.39, 0.29) is 29.2 Å². The van der Waals surface area contributed by atoms with Crippen molar-refractivity contribution in [2.45, 2.75) is 0 Å². The fraction of sp³-hybridized carbons (Fsp3) is 0.167. The number of aromatic nitrogens is 2. The molecule has 0 bridgehead atoms. The topological polar surface area (TPSA) is 119 Å². The predicted octanol–water partition coefficient (Wildman–Crippen LogP) is -0.946. The highest BCUT2D eigenvalue weighted by atomic mass is 35.5. The summed E-state index contributed by atoms with van der Waals surface area (Å²) in [6, 6.07) is 0. The monoisotopic (exact) mass is 253 g/mol. The maximum absolute atomic E-state index is 11.1. The third-order valence-electron chi connectivity index (χ3n) is 1.47. The van der Waals surface area contributed by atoms with Gasteiger partial charge in [-0.2, -0.15) is 4.99 Å². The fourth-order valence-corrected chi connectivity index (χ4v) is 1.04. The average molecular weight is 254 g/mol. The van der Waals surface area contributed by atoms with Crippen molar-refractivity contribution >= 4 is 35.8 Å². The molecule has 0 radical (unpaired) electrons. The Kier molecular flexibility index (Phi) is 4.38. The van der Waals surface area contributed by atoms with Crippen LogP contribution in [0.15, 0.2) is 14.6 Å². The highest BCUT2D eigenvalue weighted by Crippen LogP contribution is 2.16. The molecule has 0 spiro atoms. The number of hydrogen-bond donors (Lipinski definition) is 3. The molecule has 1 aromatic heterocycles. The number of aromatic amines is 1. The van der Waals surface area contributed by atoms with Gasteiger partial charge in [-0.05, 0) is 0 Å². The Balaban J connectivity index is 0.00000196. The van der Waals surface area contributed by atoms with E-state index >= 15 is 0 Å². The van der Waals surface area contributed by atoms with Gasteiger partial charge in [0.25, 0.3) is 5.56 Å². The first kappa shape index (κ1) is 13.5. The van der Waals surface area contributed by atoms with E-state index in [1.165, 1.54) is 7.05 Å². The molecule has 0 amide bonds. The van der Waals surface area contributed by atoms with E-state index in [0.717, 1.165) is 4.57 Å². The van der Waals surface area contributed by atoms with Crippen LogP contribution in [-0.4, -0.2) is 15.5 Å². The van der Waals surface area contributed by atoms with Crippen molar-refractivity contribution in [3.05, 3.63) is 25.9 Å². The zero-order valence-corrected chi connectivity index (χ0v) is 9.22. The van der Waals surface area contributed by atoms with Gasteiger partial charge in [0.05, 0.1) is 0 Å². The Bertz CT molecular complexity index is 465. The van der Waals surface area contributed by atoms with Crippen LogP contribution in [0.5, 0.6) is 0 Å². The van der Waals surface area contributed by atoms with E-state index in [9.17, 15) is 9.59 Å². The number of H-pyrrole nitrogens is 1. The Labute approximate surface area is 95.2 Å². The molecule has 0 unspecified atom stereocenters. The molecule has 9 heteroatoms. The molecule has 5 N–H and O–H groups in total. The van der Waals surface area contributed by atoms with Crippen molar-refractivity contribution in [2.75, 3.05) is 0 Å². The van der Waals surface area contributed by atoms with Crippen LogP contribution in [0.25, 0.3) is 0 Å². The van der Waals surface area contributed by atoms with Crippen LogP contribution in [-0.2, 0) is 7.05 Å². The SMILES string of the molecule is Cl.Cn1c(N=C(N)N)c(Cl)c(=O)[nH]c1=O. The largest absolute Gasteiger partial charge is 0.370 e. The second-order valence-electron chi connectivity index (χ2n) is 2.49. The highest BCUT2D eigenvalue weighted by molar-refractivity contribution is 6.32. The van der Waals surface area contributed by atoms with Gasteiger partial charge in [-0.3, -0.25) is 14.3 Å². The summed E-state index contributed by atoms with van der Waals surface area (Å²) < 4.78 is 1.03. The molecular formula is C6H9Cl2N5O2. The molecule has 0 aliphatic carbocycles. The van der Waals surface area contributed by atoms with Crippen molar-refractivity contribution in [2.24, 2.45) is 23.5 Å². The smallest absolute Gasteiger partial charge is 0.329 e. The first-order chi connectivity index (χ1) is 6.43. The second-order valence-corrected chi connectivity index (χ2v) is 2.87. The Morgan fingerprint density at radius 2 is 2.00 bits per heavy atom. The molecule has 0 atom stereocenters. The average Bonchev–Trinajstić information content (AvgIpc) is 2.09. The molecule has 1 rings (SSSR count). The van der Waals surface area contributed by atoms with Crippen molar-refractivity contribution in [3.8, 4) is 0 Å². The lowest BCUT2D eigenvalue weighted by atomic mass is 10.5. The minimum Gasteiger partial charge on any atom is -0.370 e. The van der Waals surface area contributed by atoms with Gasteiger partial charge >= 0.3 is 5.69 Å². The second kappa shape index (κ2) is 4.85. The molecular weight excluding hydrogens is 245 g/mol. The molecule has 0 saturated carbocycles. The molecule has 0 aliphatic rings. The van der Waals surface area contributed by atoms with Gasteiger partial charge < -0.3 is 11.5 Å². The maximum Gasteiger partial charge on any atom is 0.329 e. The Morgan fingerprint density at radius 1 is 1.47 bits per heavy atom. The van der Waals surface area contributed by atoms with Crippen LogP contribution >= 0.6 is 24.0 Å². The molecule has 0 saturated heterocycles. The van der Waals surface area contributed by atoms with Gasteiger partial charge in [-0.25, -0.2) is 4.79 Å². The van der Waals surface area contributed by atoms with E-state index in [1.54, 1.807) is 0 Å². The minimum absolute atomic E-state index is 0. The number of rotatable bonds is 1. The number of halogens is 2. The first-order valence-corrected chi connectivity index (χ1v) is 3.89. The molecule has 1 aromatic rings. The van der Waals surface area contributed by atoms with E-state index < -0.39 is 11.2 Å². The number of nitrogens with two attached hydrogens (primary N) is 2. The highest BCUT2D eigenvalue weighted by Gasteiger charge is 2.09. The summed E-state index contributed by atoms with van der Waals surface area (Å²) in [6.45, 7) is 0. The molecule has 0 aromatic carbocycles. The van der Waals surface area contributed by atoms with Crippen molar-refractivity contribution < 1.29 is 0 Å². The summed E-state index contributed by atoms with van der Waals surface area (Å²) in [7, 11) is 1.38. The van der Waals surface area contributed by atoms with Crippen LogP contribution in [0, 0.1) is 0 Å². The summed E-state index contributed by atoms with van der Waals surface area (Å²) >= 11 is 5.59. The summed E-state index contributed by atoms with van der Waals surface area (Å²) in [5.41, 5.74) is 8.84. The molecule has 1 heterocycles. The molecule has 7 nitrogen and oxygen atoms in total. The summed E-state index contributed by atoms with van der Waals surface area (Å²) in [5, 5.41) is -0.236. The van der Waals surface area contributed by atoms with Crippen LogP contribution in [0.4, 0.5) is 5.82 Å². The van der Waals surface area contributed by atoms with Crippen LogP contribution < -0.4 is 22.7 Å². The molecule has 84 valence electrons. The standard InChI is InChI=1S/C6H8ClN5O2.ClH/c1-12-3(10-5(8)9)2(7)4(13)11-6(12)14;/h1H3,(H4,8,9,10)(H,11,13,14);1H. The Morgan fingerprint density at radius 3 is 2.47 bits per heavy atom. The van der Waals surface area contributed by atoms with Gasteiger partial charge in [-0.15, -0.1) is 12.4 Å². The van der Waals surface area contributed by atoms with E-state index in [1.807, 2.05) is 4.98 Å². The van der Waals surface area contributed by atoms with Crippen molar-refractivity contribution in [1.82, 2.24) is 9.55 Å². The van der Waals surface area contributed by atoms with Gasteiger partial charge in [-0.1, -0.05) is 11.6 Å². The van der Waals surface area contributed by atoms with E-state index in [2.05, 4.69) is 4.99 Å². The number of nitrogens with zero attached hydrogens (tertiary/aromatic N) is 2. The summed E-state index contributed by atoms with van der Waals surface area (Å²) in [6.07, 6.45) is 0. The van der Waals surface area contributed by atoms with Gasteiger partial charge in [0.15, 0.2) is 11.8 Å². The minimum atomic E-state index is -0.727. The molecule has 0 fully saturated rings. The third-order valence-corrected chi connectivity index (χ3v) is 1.81. The van der Waals surface area contributed by atoms with Gasteiger partial charge in [0, 0.05) is 7.05 Å². The van der Waals surface area contributed by atoms with E-state index in [0.29, 0.717) is 0 Å². The number of hydrogen-bond acceptors (Lipinski definition) is 3. The maximum atomic E-state index is 11.1. The van der Waals surface area contributed by atoms with Crippen molar-refractivity contribution in [1.29, 1.82) is 0 Å². The normalized spacial score (nSPS) is 9.20. The lowest BCUT2D eigenvalue weighted by molar-refractivity contribution is 0.802. The lowest BCUT2D eigenvalue weighted by Crippen LogP contribution is -2.30. The Hall–Kier alpha value is -1.47. The molecule has 15 heavy (non-hydrogen) atoms. The number of guanidine groups is 1. The van der Waals surface area contributed by atoms with Crippen LogP contribution in [0.2, 0.25) is 5.02 Å². The fourth-order valence-electron chi connectivity index (χ4n) is 0.827. The molecule has 0 aliphatic heterocycles. The zero-order chi connectivity index (χ0) is 10.9. The van der Waals surface area contributed by atoms with Crippen LogP contribution in [0.3, 0.4) is 0 Å². The third kappa shape index (κ3) is 2.74. The predicted molar refractivity (Wildman–Crippen MR) is 60.0 cm³/mol. The van der Waals surface area contributed by atoms with Gasteiger partial charge in [0.2, 0.25) is 0 Å². The van der Waals surface area contributed by atoms with Crippen molar-refractivity contribution in [3.63, 3.8) is 0 Å². The first-order valence-electron chi connectivity index (χ1n) is 3.52. The van der Waals surface area contributed by atoms with Crippen LogP contribution in [0.1, 0.15) is 0 Å². The summed E-state index contributed by atoms with van der Waals surface area (Å²) in [4.78, 5) is 27.7. The summed E-state index contributed by atoms with van der Waals surface area (Å²) in [5.74, 6) is -0.354. The lowest BCUT2D eigenvalue weighted by Gasteiger charge is -2.03. The van der Waals surface area contributed by atoms with E-state index in [4.69, 9.17) is 23.1 Å². The number of aliphatic imine (C=N–C) groups is 1. The zero-order valence-electron chi connectivity index (χ0n) is 7.65.